The number of carbonyl (C=O) groups excluding carboxylic acids is 1. The fourth-order valence-electron chi connectivity index (χ4n) is 1.55. The Labute approximate surface area is 109 Å². The summed E-state index contributed by atoms with van der Waals surface area (Å²) in [5.41, 5.74) is 5.67. The lowest BCUT2D eigenvalue weighted by Crippen LogP contribution is -2.48. The maximum atomic E-state index is 11.7. The van der Waals surface area contributed by atoms with Gasteiger partial charge in [-0.25, -0.2) is 4.98 Å². The van der Waals surface area contributed by atoms with Gasteiger partial charge in [-0.1, -0.05) is 20.8 Å². The number of nitrogens with zero attached hydrogens (tertiary/aromatic N) is 2. The Hall–Kier alpha value is -1.36. The number of unbranched alkanes of at least 4 members (excludes halogenated alkanes) is 1. The minimum absolute atomic E-state index is 0.0647. The predicted octanol–water partition coefficient (Wildman–Crippen LogP) is 1.15. The first kappa shape index (κ1) is 14.7. The van der Waals surface area contributed by atoms with E-state index in [0.717, 1.165) is 19.4 Å². The number of amides is 1. The molecule has 3 N–H and O–H groups in total. The van der Waals surface area contributed by atoms with E-state index in [-0.39, 0.29) is 11.3 Å². The fraction of sp³-hybridized carbons (Fsp3) is 0.692. The highest BCUT2D eigenvalue weighted by molar-refractivity contribution is 5.82. The summed E-state index contributed by atoms with van der Waals surface area (Å²) < 4.78 is 2.03. The number of imidazole rings is 1. The molecule has 0 saturated heterocycles. The number of nitrogens with one attached hydrogen (secondary N) is 1. The second kappa shape index (κ2) is 6.54. The molecule has 0 aliphatic heterocycles. The van der Waals surface area contributed by atoms with Crippen LogP contribution in [0.25, 0.3) is 0 Å². The lowest BCUT2D eigenvalue weighted by atomic mass is 9.87. The summed E-state index contributed by atoms with van der Waals surface area (Å²) in [7, 11) is 0. The quantitative estimate of drug-likeness (QED) is 0.746. The highest BCUT2D eigenvalue weighted by Crippen LogP contribution is 2.17. The number of carbonyl (C=O) groups is 1. The van der Waals surface area contributed by atoms with Gasteiger partial charge in [-0.15, -0.1) is 0 Å². The minimum Gasteiger partial charge on any atom is -0.355 e. The van der Waals surface area contributed by atoms with Crippen molar-refractivity contribution in [2.75, 3.05) is 6.54 Å². The Balaban J connectivity index is 2.12. The van der Waals surface area contributed by atoms with Crippen molar-refractivity contribution >= 4 is 5.91 Å². The van der Waals surface area contributed by atoms with Crippen LogP contribution in [0.3, 0.4) is 0 Å². The van der Waals surface area contributed by atoms with E-state index in [1.165, 1.54) is 0 Å². The van der Waals surface area contributed by atoms with Crippen LogP contribution < -0.4 is 11.1 Å². The standard InChI is InChI=1S/C13H24N4O/c1-13(2,3)11(14)12(18)16-6-4-5-8-17-9-7-15-10-17/h7,9-11H,4-6,8,14H2,1-3H3,(H,16,18)/t11-/m1/s1. The molecule has 1 heterocycles. The molecule has 1 aromatic rings. The van der Waals surface area contributed by atoms with Gasteiger partial charge in [-0.05, 0) is 18.3 Å². The number of hydrogen-bond donors (Lipinski definition) is 2. The van der Waals surface area contributed by atoms with Gasteiger partial charge in [0.15, 0.2) is 0 Å². The molecule has 0 saturated carbocycles. The molecular weight excluding hydrogens is 228 g/mol. The molecule has 0 bridgehead atoms. The molecule has 0 aliphatic carbocycles. The van der Waals surface area contributed by atoms with Crippen LogP contribution in [0.15, 0.2) is 18.7 Å². The lowest BCUT2D eigenvalue weighted by Gasteiger charge is -2.25. The summed E-state index contributed by atoms with van der Waals surface area (Å²) in [6, 6.07) is -0.453. The second-order valence-corrected chi connectivity index (χ2v) is 5.64. The predicted molar refractivity (Wildman–Crippen MR) is 71.9 cm³/mol. The van der Waals surface area contributed by atoms with E-state index in [1.807, 2.05) is 31.5 Å². The Morgan fingerprint density at radius 2 is 2.17 bits per heavy atom. The van der Waals surface area contributed by atoms with Crippen LogP contribution >= 0.6 is 0 Å². The number of rotatable bonds is 6. The lowest BCUT2D eigenvalue weighted by molar-refractivity contribution is -0.124. The van der Waals surface area contributed by atoms with Gasteiger partial charge in [0.05, 0.1) is 12.4 Å². The van der Waals surface area contributed by atoms with E-state index in [9.17, 15) is 4.79 Å². The van der Waals surface area contributed by atoms with Crippen molar-refractivity contribution in [1.82, 2.24) is 14.9 Å². The topological polar surface area (TPSA) is 72.9 Å². The van der Waals surface area contributed by atoms with E-state index in [0.29, 0.717) is 6.54 Å². The van der Waals surface area contributed by atoms with Crippen molar-refractivity contribution in [3.8, 4) is 0 Å². The Morgan fingerprint density at radius 3 is 2.72 bits per heavy atom. The molecule has 0 aromatic carbocycles. The van der Waals surface area contributed by atoms with Gasteiger partial charge in [0.25, 0.3) is 0 Å². The van der Waals surface area contributed by atoms with Gasteiger partial charge >= 0.3 is 0 Å². The zero-order valence-corrected chi connectivity index (χ0v) is 11.5. The minimum atomic E-state index is -0.453. The molecule has 18 heavy (non-hydrogen) atoms. The van der Waals surface area contributed by atoms with Crippen LogP contribution in [0.1, 0.15) is 33.6 Å². The van der Waals surface area contributed by atoms with Gasteiger partial charge in [-0.2, -0.15) is 0 Å². The summed E-state index contributed by atoms with van der Waals surface area (Å²) in [5.74, 6) is -0.0647. The third-order valence-electron chi connectivity index (χ3n) is 2.92. The number of hydrogen-bond acceptors (Lipinski definition) is 3. The van der Waals surface area contributed by atoms with Gasteiger partial charge < -0.3 is 15.6 Å². The molecule has 1 atom stereocenters. The van der Waals surface area contributed by atoms with E-state index < -0.39 is 6.04 Å². The van der Waals surface area contributed by atoms with E-state index >= 15 is 0 Å². The first-order valence-electron chi connectivity index (χ1n) is 6.40. The molecule has 0 radical (unpaired) electrons. The van der Waals surface area contributed by atoms with Crippen molar-refractivity contribution in [2.45, 2.75) is 46.2 Å². The molecule has 5 nitrogen and oxygen atoms in total. The Bertz CT molecular complexity index is 354. The van der Waals surface area contributed by atoms with E-state index in [1.54, 1.807) is 12.5 Å². The van der Waals surface area contributed by atoms with Gasteiger partial charge in [0.1, 0.15) is 0 Å². The van der Waals surface area contributed by atoms with Gasteiger partial charge in [0.2, 0.25) is 5.91 Å². The monoisotopic (exact) mass is 252 g/mol. The van der Waals surface area contributed by atoms with Gasteiger partial charge in [-0.3, -0.25) is 4.79 Å². The Kier molecular flexibility index (Phi) is 5.34. The summed E-state index contributed by atoms with van der Waals surface area (Å²) >= 11 is 0. The first-order chi connectivity index (χ1) is 8.41. The Morgan fingerprint density at radius 1 is 1.44 bits per heavy atom. The van der Waals surface area contributed by atoms with Crippen molar-refractivity contribution in [3.05, 3.63) is 18.7 Å². The zero-order chi connectivity index (χ0) is 13.6. The van der Waals surface area contributed by atoms with Crippen molar-refractivity contribution in [3.63, 3.8) is 0 Å². The third kappa shape index (κ3) is 4.87. The smallest absolute Gasteiger partial charge is 0.237 e. The molecule has 1 amide bonds. The molecule has 0 spiro atoms. The molecule has 0 fully saturated rings. The van der Waals surface area contributed by atoms with E-state index in [4.69, 9.17) is 5.73 Å². The van der Waals surface area contributed by atoms with Crippen molar-refractivity contribution < 1.29 is 4.79 Å². The molecule has 102 valence electrons. The highest BCUT2D eigenvalue weighted by Gasteiger charge is 2.26. The maximum Gasteiger partial charge on any atom is 0.237 e. The van der Waals surface area contributed by atoms with Crippen LogP contribution in [0, 0.1) is 5.41 Å². The summed E-state index contributed by atoms with van der Waals surface area (Å²) in [5, 5.41) is 2.88. The average molecular weight is 252 g/mol. The van der Waals surface area contributed by atoms with Gasteiger partial charge in [0, 0.05) is 25.5 Å². The van der Waals surface area contributed by atoms with Crippen LogP contribution in [0.5, 0.6) is 0 Å². The fourth-order valence-corrected chi connectivity index (χ4v) is 1.55. The number of aromatic nitrogens is 2. The van der Waals surface area contributed by atoms with Crippen LogP contribution in [0.2, 0.25) is 0 Å². The molecule has 0 aliphatic rings. The number of nitrogens with two attached hydrogens (primary N) is 1. The molecular formula is C13H24N4O. The molecule has 1 rings (SSSR count). The molecule has 1 aromatic heterocycles. The highest BCUT2D eigenvalue weighted by atomic mass is 16.2. The average Bonchev–Trinajstić information content (AvgIpc) is 2.79. The van der Waals surface area contributed by atoms with Crippen LogP contribution in [0.4, 0.5) is 0 Å². The van der Waals surface area contributed by atoms with Crippen molar-refractivity contribution in [2.24, 2.45) is 11.1 Å². The normalized spacial score (nSPS) is 13.3. The molecule has 5 heteroatoms. The molecule has 0 unspecified atom stereocenters. The SMILES string of the molecule is CC(C)(C)[C@H](N)C(=O)NCCCCn1ccnc1. The second-order valence-electron chi connectivity index (χ2n) is 5.64. The summed E-state index contributed by atoms with van der Waals surface area (Å²) in [4.78, 5) is 15.7. The maximum absolute atomic E-state index is 11.7. The van der Waals surface area contributed by atoms with E-state index in [2.05, 4.69) is 10.3 Å². The van der Waals surface area contributed by atoms with Crippen molar-refractivity contribution in [1.29, 1.82) is 0 Å². The van der Waals surface area contributed by atoms with Crippen LogP contribution in [-0.4, -0.2) is 28.0 Å². The summed E-state index contributed by atoms with van der Waals surface area (Å²) in [6.07, 6.45) is 7.47. The van der Waals surface area contributed by atoms with Crippen LogP contribution in [-0.2, 0) is 11.3 Å². The number of aryl methyl sites for hydroxylation is 1. The zero-order valence-electron chi connectivity index (χ0n) is 11.5. The first-order valence-corrected chi connectivity index (χ1v) is 6.40. The largest absolute Gasteiger partial charge is 0.355 e. The summed E-state index contributed by atoms with van der Waals surface area (Å²) in [6.45, 7) is 7.52. The third-order valence-corrected chi connectivity index (χ3v) is 2.92.